The Hall–Kier alpha value is -1.22. The van der Waals surface area contributed by atoms with Gasteiger partial charge in [-0.3, -0.25) is 4.99 Å². The number of rotatable bonds is 7. The van der Waals surface area contributed by atoms with Crippen LogP contribution in [0.4, 0.5) is 0 Å². The molecule has 10 heteroatoms. The van der Waals surface area contributed by atoms with Crippen LogP contribution in [0.15, 0.2) is 23.2 Å². The molecule has 1 heterocycles. The number of guanidine groups is 1. The molecule has 0 aliphatic carbocycles. The predicted molar refractivity (Wildman–Crippen MR) is 110 cm³/mol. The van der Waals surface area contributed by atoms with Gasteiger partial charge >= 0.3 is 0 Å². The number of likely N-dealkylation sites (tertiary alicyclic amines) is 1. The van der Waals surface area contributed by atoms with Crippen molar-refractivity contribution in [2.24, 2.45) is 16.0 Å². The molecule has 0 atom stereocenters. The van der Waals surface area contributed by atoms with E-state index in [1.807, 2.05) is 6.92 Å². The molecule has 152 valence electrons. The van der Waals surface area contributed by atoms with Gasteiger partial charge in [0.25, 0.3) is 0 Å². The molecule has 7 nitrogen and oxygen atoms in total. The fourth-order valence-electron chi connectivity index (χ4n) is 2.84. The molecule has 0 unspecified atom stereocenters. The monoisotopic (exact) mass is 436 g/mol. The smallest absolute Gasteiger partial charge is 0.210 e. The Kier molecular flexibility index (Phi) is 8.47. The number of hydrogen-bond acceptors (Lipinski definition) is 4. The van der Waals surface area contributed by atoms with Gasteiger partial charge in [-0.05, 0) is 43.9 Å². The minimum Gasteiger partial charge on any atom is -0.493 e. The molecule has 27 heavy (non-hydrogen) atoms. The summed E-state index contributed by atoms with van der Waals surface area (Å²) in [6.45, 7) is 5.10. The van der Waals surface area contributed by atoms with Crippen molar-refractivity contribution >= 4 is 39.2 Å². The number of hydrogen-bond donors (Lipinski definition) is 2. The van der Waals surface area contributed by atoms with Crippen LogP contribution < -0.4 is 15.2 Å². The van der Waals surface area contributed by atoms with E-state index in [9.17, 15) is 8.42 Å². The van der Waals surface area contributed by atoms with Gasteiger partial charge in [-0.2, -0.15) is 0 Å². The van der Waals surface area contributed by atoms with E-state index in [1.54, 1.807) is 18.2 Å². The van der Waals surface area contributed by atoms with Gasteiger partial charge in [0.05, 0.1) is 18.9 Å². The zero-order valence-electron chi connectivity index (χ0n) is 15.3. The standard InChI is InChI=1S/C17H26Cl2N4O3S/c1-2-21-17(22-5-8-27(20,24)25)23-6-3-13(4-7-23)12-26-16-10-14(18)9-15(19)11-16/h9-11,13H,2-8,12H2,1H3,(H,21,22)(H2,20,24,25). The molecular weight excluding hydrogens is 411 g/mol. The van der Waals surface area contributed by atoms with Crippen molar-refractivity contribution in [2.45, 2.75) is 19.8 Å². The number of nitrogens with zero attached hydrogens (tertiary/aromatic N) is 2. The molecular formula is C17H26Cl2N4O3S. The van der Waals surface area contributed by atoms with Crippen molar-refractivity contribution in [3.8, 4) is 5.75 Å². The van der Waals surface area contributed by atoms with Crippen molar-refractivity contribution in [1.82, 2.24) is 10.2 Å². The number of nitrogens with one attached hydrogen (secondary N) is 1. The summed E-state index contributed by atoms with van der Waals surface area (Å²) in [5, 5.41) is 9.34. The van der Waals surface area contributed by atoms with Crippen LogP contribution in [0.1, 0.15) is 19.8 Å². The first-order chi connectivity index (χ1) is 12.8. The van der Waals surface area contributed by atoms with Crippen molar-refractivity contribution in [1.29, 1.82) is 0 Å². The maximum atomic E-state index is 11.1. The number of nitrogens with two attached hydrogens (primary N) is 1. The van der Waals surface area contributed by atoms with E-state index in [4.69, 9.17) is 33.1 Å². The average molecular weight is 437 g/mol. The number of aliphatic imine (C=N–C) groups is 1. The van der Waals surface area contributed by atoms with E-state index in [0.29, 0.717) is 34.9 Å². The molecule has 1 saturated heterocycles. The van der Waals surface area contributed by atoms with Crippen molar-refractivity contribution < 1.29 is 13.2 Å². The molecule has 3 N–H and O–H groups in total. The molecule has 0 bridgehead atoms. The first-order valence-electron chi connectivity index (χ1n) is 8.89. The molecule has 1 aliphatic heterocycles. The third-order valence-electron chi connectivity index (χ3n) is 4.21. The van der Waals surface area contributed by atoms with Crippen LogP contribution in [0.2, 0.25) is 10.0 Å². The van der Waals surface area contributed by atoms with Crippen LogP contribution in [0.3, 0.4) is 0 Å². The summed E-state index contributed by atoms with van der Waals surface area (Å²) < 4.78 is 28.0. The highest BCUT2D eigenvalue weighted by Crippen LogP contribution is 2.26. The highest BCUT2D eigenvalue weighted by molar-refractivity contribution is 7.89. The molecule has 0 saturated carbocycles. The predicted octanol–water partition coefficient (Wildman–Crippen LogP) is 2.34. The minimum absolute atomic E-state index is 0.153. The molecule has 0 amide bonds. The summed E-state index contributed by atoms with van der Waals surface area (Å²) in [5.74, 6) is 1.66. The highest BCUT2D eigenvalue weighted by Gasteiger charge is 2.22. The normalized spacial score (nSPS) is 16.4. The van der Waals surface area contributed by atoms with Crippen LogP contribution in [0, 0.1) is 5.92 Å². The Morgan fingerprint density at radius 3 is 2.48 bits per heavy atom. The molecule has 1 aliphatic rings. The summed E-state index contributed by atoms with van der Waals surface area (Å²) in [6, 6.07) is 5.18. The summed E-state index contributed by atoms with van der Waals surface area (Å²) in [4.78, 5) is 6.51. The second kappa shape index (κ2) is 10.4. The fourth-order valence-corrected chi connectivity index (χ4v) is 3.69. The highest BCUT2D eigenvalue weighted by atomic mass is 35.5. The van der Waals surface area contributed by atoms with Gasteiger partial charge in [-0.25, -0.2) is 13.6 Å². The summed E-state index contributed by atoms with van der Waals surface area (Å²) in [7, 11) is -3.50. The second-order valence-corrected chi connectivity index (χ2v) is 9.06. The zero-order chi connectivity index (χ0) is 19.9. The zero-order valence-corrected chi connectivity index (χ0v) is 17.7. The number of benzene rings is 1. The first-order valence-corrected chi connectivity index (χ1v) is 11.4. The van der Waals surface area contributed by atoms with E-state index in [-0.39, 0.29) is 12.3 Å². The summed E-state index contributed by atoms with van der Waals surface area (Å²) in [5.41, 5.74) is 0. The van der Waals surface area contributed by atoms with Gasteiger partial charge in [0, 0.05) is 29.7 Å². The topological polar surface area (TPSA) is 97.0 Å². The van der Waals surface area contributed by atoms with E-state index >= 15 is 0 Å². The molecule has 2 rings (SSSR count). The van der Waals surface area contributed by atoms with Gasteiger partial charge < -0.3 is 15.0 Å². The largest absolute Gasteiger partial charge is 0.493 e. The molecule has 1 aromatic carbocycles. The van der Waals surface area contributed by atoms with Crippen LogP contribution in [0.25, 0.3) is 0 Å². The molecule has 0 aromatic heterocycles. The van der Waals surface area contributed by atoms with Gasteiger partial charge in [-0.15, -0.1) is 0 Å². The third kappa shape index (κ3) is 8.13. The van der Waals surface area contributed by atoms with E-state index in [0.717, 1.165) is 31.9 Å². The van der Waals surface area contributed by atoms with Crippen LogP contribution in [-0.4, -0.2) is 57.8 Å². The second-order valence-electron chi connectivity index (χ2n) is 6.45. The van der Waals surface area contributed by atoms with Gasteiger partial charge in [-0.1, -0.05) is 23.2 Å². The van der Waals surface area contributed by atoms with Gasteiger partial charge in [0.15, 0.2) is 5.96 Å². The summed E-state index contributed by atoms with van der Waals surface area (Å²) in [6.07, 6.45) is 1.90. The number of halogens is 2. The van der Waals surface area contributed by atoms with Crippen LogP contribution in [0.5, 0.6) is 5.75 Å². The fraction of sp³-hybridized carbons (Fsp3) is 0.588. The SMILES string of the molecule is CCNC(=NCCS(N)(=O)=O)N1CCC(COc2cc(Cl)cc(Cl)c2)CC1. The quantitative estimate of drug-likeness (QED) is 0.504. The lowest BCUT2D eigenvalue weighted by atomic mass is 9.98. The minimum atomic E-state index is -3.50. The Bertz CT molecular complexity index is 730. The first kappa shape index (κ1) is 22.1. The van der Waals surface area contributed by atoms with E-state index in [2.05, 4.69) is 15.2 Å². The maximum absolute atomic E-state index is 11.1. The Labute approximate surface area is 170 Å². The molecule has 0 radical (unpaired) electrons. The van der Waals surface area contributed by atoms with Crippen LogP contribution in [-0.2, 0) is 10.0 Å². The number of ether oxygens (including phenoxy) is 1. The Morgan fingerprint density at radius 2 is 1.93 bits per heavy atom. The average Bonchev–Trinajstić information content (AvgIpc) is 2.58. The number of sulfonamides is 1. The lowest BCUT2D eigenvalue weighted by Gasteiger charge is -2.34. The maximum Gasteiger partial charge on any atom is 0.210 e. The van der Waals surface area contributed by atoms with Crippen molar-refractivity contribution in [3.63, 3.8) is 0 Å². The lowest BCUT2D eigenvalue weighted by Crippen LogP contribution is -2.46. The Morgan fingerprint density at radius 1 is 1.30 bits per heavy atom. The van der Waals surface area contributed by atoms with Crippen molar-refractivity contribution in [3.05, 3.63) is 28.2 Å². The number of primary sulfonamides is 1. The van der Waals surface area contributed by atoms with Gasteiger partial charge in [0.2, 0.25) is 10.0 Å². The summed E-state index contributed by atoms with van der Waals surface area (Å²) >= 11 is 12.0. The molecule has 1 aromatic rings. The van der Waals surface area contributed by atoms with E-state index < -0.39 is 10.0 Å². The third-order valence-corrected chi connectivity index (χ3v) is 5.40. The number of piperidine rings is 1. The molecule has 1 fully saturated rings. The lowest BCUT2D eigenvalue weighted by molar-refractivity contribution is 0.179. The van der Waals surface area contributed by atoms with Crippen LogP contribution >= 0.6 is 23.2 Å². The van der Waals surface area contributed by atoms with Gasteiger partial charge in [0.1, 0.15) is 5.75 Å². The molecule has 0 spiro atoms. The van der Waals surface area contributed by atoms with E-state index in [1.165, 1.54) is 0 Å². The Balaban J connectivity index is 1.84. The van der Waals surface area contributed by atoms with Crippen molar-refractivity contribution in [2.75, 3.05) is 38.5 Å².